The Morgan fingerprint density at radius 3 is 2.48 bits per heavy atom. The van der Waals surface area contributed by atoms with Crippen molar-refractivity contribution in [2.75, 3.05) is 23.2 Å². The van der Waals surface area contributed by atoms with Crippen molar-refractivity contribution >= 4 is 39.1 Å². The van der Waals surface area contributed by atoms with Crippen molar-refractivity contribution in [2.24, 2.45) is 0 Å². The second-order valence-corrected chi connectivity index (χ2v) is 8.91. The molecule has 0 unspecified atom stereocenters. The number of carbonyl (C=O) groups is 2. The minimum atomic E-state index is -3.27. The Hall–Kier alpha value is -2.78. The Bertz CT molecular complexity index is 1020. The van der Waals surface area contributed by atoms with Crippen LogP contribution in [0.15, 0.2) is 42.5 Å². The van der Waals surface area contributed by atoms with Gasteiger partial charge in [-0.05, 0) is 61.4 Å². The Balaban J connectivity index is 1.49. The van der Waals surface area contributed by atoms with E-state index in [1.165, 1.54) is 16.4 Å². The summed E-state index contributed by atoms with van der Waals surface area (Å²) in [7, 11) is -3.27. The van der Waals surface area contributed by atoms with Crippen LogP contribution in [-0.4, -0.2) is 39.1 Å². The Morgan fingerprint density at radius 1 is 1.14 bits per heavy atom. The molecule has 2 N–H and O–H groups in total. The number of hydrogen-bond donors (Lipinski definition) is 2. The monoisotopic (exact) mass is 437 g/mol. The van der Waals surface area contributed by atoms with Gasteiger partial charge in [0.1, 0.15) is 5.75 Å². The van der Waals surface area contributed by atoms with E-state index in [1.54, 1.807) is 30.3 Å². The molecule has 1 saturated heterocycles. The predicted octanol–water partition coefficient (Wildman–Crippen LogP) is 2.03. The molecule has 0 aliphatic carbocycles. The van der Waals surface area contributed by atoms with Crippen molar-refractivity contribution in [3.8, 4) is 5.75 Å². The van der Waals surface area contributed by atoms with Crippen molar-refractivity contribution in [1.29, 1.82) is 0 Å². The first-order chi connectivity index (χ1) is 13.8. The summed E-state index contributed by atoms with van der Waals surface area (Å²) in [4.78, 5) is 24.0. The predicted molar refractivity (Wildman–Crippen MR) is 109 cm³/mol. The standard InChI is InChI=1S/C19H20ClN3O5S/c1-13-11-16(7-8-17(13)20)28-12-18(24)21-22-19(25)14-3-5-15(6-4-14)23-9-2-10-29(23,26)27/h3-8,11H,2,9-10,12H2,1H3,(H,21,24)(H,22,25). The third-order valence-electron chi connectivity index (χ3n) is 4.33. The topological polar surface area (TPSA) is 105 Å². The molecule has 154 valence electrons. The highest BCUT2D eigenvalue weighted by molar-refractivity contribution is 7.93. The summed E-state index contributed by atoms with van der Waals surface area (Å²) >= 11 is 5.93. The number of rotatable bonds is 5. The minimum Gasteiger partial charge on any atom is -0.484 e. The number of benzene rings is 2. The van der Waals surface area contributed by atoms with E-state index in [2.05, 4.69) is 10.9 Å². The molecule has 0 aromatic heterocycles. The van der Waals surface area contributed by atoms with Crippen LogP contribution in [0.3, 0.4) is 0 Å². The summed E-state index contributed by atoms with van der Waals surface area (Å²) < 4.78 is 30.6. The molecular formula is C19H20ClN3O5S. The number of amides is 2. The molecule has 29 heavy (non-hydrogen) atoms. The molecule has 2 aromatic carbocycles. The Morgan fingerprint density at radius 2 is 1.86 bits per heavy atom. The lowest BCUT2D eigenvalue weighted by molar-refractivity contribution is -0.123. The normalized spacial score (nSPS) is 15.0. The highest BCUT2D eigenvalue weighted by Crippen LogP contribution is 2.24. The fourth-order valence-corrected chi connectivity index (χ4v) is 4.48. The van der Waals surface area contributed by atoms with E-state index >= 15 is 0 Å². The maximum Gasteiger partial charge on any atom is 0.276 e. The highest BCUT2D eigenvalue weighted by atomic mass is 35.5. The molecule has 1 aliphatic heterocycles. The first kappa shape index (κ1) is 20.9. The molecule has 3 rings (SSSR count). The number of halogens is 1. The van der Waals surface area contributed by atoms with Gasteiger partial charge in [-0.1, -0.05) is 11.6 Å². The van der Waals surface area contributed by atoms with Crippen molar-refractivity contribution < 1.29 is 22.7 Å². The average molecular weight is 438 g/mol. The van der Waals surface area contributed by atoms with Crippen LogP contribution in [0.4, 0.5) is 5.69 Å². The lowest BCUT2D eigenvalue weighted by Gasteiger charge is -2.17. The molecule has 2 amide bonds. The van der Waals surface area contributed by atoms with Crippen LogP contribution in [0.1, 0.15) is 22.3 Å². The van der Waals surface area contributed by atoms with Gasteiger partial charge in [-0.25, -0.2) is 8.42 Å². The van der Waals surface area contributed by atoms with Gasteiger partial charge in [-0.3, -0.25) is 24.7 Å². The van der Waals surface area contributed by atoms with Crippen molar-refractivity contribution in [1.82, 2.24) is 10.9 Å². The smallest absolute Gasteiger partial charge is 0.276 e. The van der Waals surface area contributed by atoms with Crippen LogP contribution < -0.4 is 19.9 Å². The second kappa shape index (κ2) is 8.71. The summed E-state index contributed by atoms with van der Waals surface area (Å²) in [6.45, 7) is 1.96. The minimum absolute atomic E-state index is 0.124. The van der Waals surface area contributed by atoms with E-state index in [-0.39, 0.29) is 17.9 Å². The summed E-state index contributed by atoms with van der Waals surface area (Å²) in [6.07, 6.45) is 0.578. The fourth-order valence-electron chi connectivity index (χ4n) is 2.80. The number of nitrogens with zero attached hydrogens (tertiary/aromatic N) is 1. The first-order valence-electron chi connectivity index (χ1n) is 8.85. The van der Waals surface area contributed by atoms with Gasteiger partial charge in [0.2, 0.25) is 10.0 Å². The van der Waals surface area contributed by atoms with Gasteiger partial charge in [0.05, 0.1) is 11.4 Å². The Kier molecular flexibility index (Phi) is 6.29. The number of hydrogen-bond acceptors (Lipinski definition) is 5. The number of hydrazine groups is 1. The number of nitrogens with one attached hydrogen (secondary N) is 2. The third kappa shape index (κ3) is 5.18. The molecule has 0 bridgehead atoms. The van der Waals surface area contributed by atoms with Crippen LogP contribution >= 0.6 is 11.6 Å². The van der Waals surface area contributed by atoms with E-state index < -0.39 is 21.8 Å². The first-order valence-corrected chi connectivity index (χ1v) is 10.8. The zero-order valence-electron chi connectivity index (χ0n) is 15.6. The van der Waals surface area contributed by atoms with E-state index in [0.29, 0.717) is 29.4 Å². The summed E-state index contributed by atoms with van der Waals surface area (Å²) in [5.41, 5.74) is 6.16. The number of ether oxygens (including phenoxy) is 1. The average Bonchev–Trinajstić information content (AvgIpc) is 3.06. The van der Waals surface area contributed by atoms with Gasteiger partial charge in [0.15, 0.2) is 6.61 Å². The van der Waals surface area contributed by atoms with E-state index in [1.807, 2.05) is 6.92 Å². The molecule has 0 saturated carbocycles. The van der Waals surface area contributed by atoms with Gasteiger partial charge in [-0.15, -0.1) is 0 Å². The molecule has 10 heteroatoms. The van der Waals surface area contributed by atoms with E-state index in [0.717, 1.165) is 5.56 Å². The maximum absolute atomic E-state index is 12.2. The number of aryl methyl sites for hydroxylation is 1. The van der Waals surface area contributed by atoms with Gasteiger partial charge < -0.3 is 4.74 Å². The molecule has 0 radical (unpaired) electrons. The molecule has 2 aromatic rings. The van der Waals surface area contributed by atoms with Crippen LogP contribution in [-0.2, 0) is 14.8 Å². The molecule has 8 nitrogen and oxygen atoms in total. The van der Waals surface area contributed by atoms with Gasteiger partial charge in [-0.2, -0.15) is 0 Å². The van der Waals surface area contributed by atoms with Crippen LogP contribution in [0.5, 0.6) is 5.75 Å². The largest absolute Gasteiger partial charge is 0.484 e. The van der Waals surface area contributed by atoms with Gasteiger partial charge in [0, 0.05) is 17.1 Å². The molecular weight excluding hydrogens is 418 g/mol. The van der Waals surface area contributed by atoms with Crippen LogP contribution in [0.25, 0.3) is 0 Å². The fraction of sp³-hybridized carbons (Fsp3) is 0.263. The number of sulfonamides is 1. The van der Waals surface area contributed by atoms with Gasteiger partial charge >= 0.3 is 0 Å². The molecule has 0 atom stereocenters. The van der Waals surface area contributed by atoms with Crippen LogP contribution in [0, 0.1) is 6.92 Å². The van der Waals surface area contributed by atoms with Gasteiger partial charge in [0.25, 0.3) is 11.8 Å². The number of carbonyl (C=O) groups excluding carboxylic acids is 2. The lowest BCUT2D eigenvalue weighted by Crippen LogP contribution is -2.43. The molecule has 1 heterocycles. The highest BCUT2D eigenvalue weighted by Gasteiger charge is 2.28. The quantitative estimate of drug-likeness (QED) is 0.696. The van der Waals surface area contributed by atoms with Crippen molar-refractivity contribution in [3.05, 3.63) is 58.6 Å². The van der Waals surface area contributed by atoms with E-state index in [9.17, 15) is 18.0 Å². The number of anilines is 1. The summed E-state index contributed by atoms with van der Waals surface area (Å²) in [5.74, 6) is -0.457. The third-order valence-corrected chi connectivity index (χ3v) is 6.63. The van der Waals surface area contributed by atoms with Crippen molar-refractivity contribution in [3.63, 3.8) is 0 Å². The summed E-state index contributed by atoms with van der Waals surface area (Å²) in [6, 6.07) is 11.1. The SMILES string of the molecule is Cc1cc(OCC(=O)NNC(=O)c2ccc(N3CCCS3(=O)=O)cc2)ccc1Cl. The lowest BCUT2D eigenvalue weighted by atomic mass is 10.2. The molecule has 1 fully saturated rings. The molecule has 1 aliphatic rings. The zero-order chi connectivity index (χ0) is 21.0. The van der Waals surface area contributed by atoms with Crippen molar-refractivity contribution in [2.45, 2.75) is 13.3 Å². The van der Waals surface area contributed by atoms with E-state index in [4.69, 9.17) is 16.3 Å². The molecule has 0 spiro atoms. The summed E-state index contributed by atoms with van der Waals surface area (Å²) in [5, 5.41) is 0.599. The maximum atomic E-state index is 12.2. The zero-order valence-corrected chi connectivity index (χ0v) is 17.2. The second-order valence-electron chi connectivity index (χ2n) is 6.49. The van der Waals surface area contributed by atoms with Crippen LogP contribution in [0.2, 0.25) is 5.02 Å². The Labute approximate surface area is 173 Å².